The van der Waals surface area contributed by atoms with E-state index in [1.54, 1.807) is 30.3 Å². The quantitative estimate of drug-likeness (QED) is 0.209. The zero-order valence-electron chi connectivity index (χ0n) is 21.7. The van der Waals surface area contributed by atoms with E-state index in [0.717, 1.165) is 5.56 Å². The second kappa shape index (κ2) is 14.4. The predicted octanol–water partition coefficient (Wildman–Crippen LogP) is 2.66. The molecular formula is C28H35N3O8. The van der Waals surface area contributed by atoms with Crippen LogP contribution in [0, 0.1) is 0 Å². The van der Waals surface area contributed by atoms with E-state index in [9.17, 15) is 9.59 Å². The number of fused-ring (bicyclic) bond motifs is 1. The number of amides is 2. The van der Waals surface area contributed by atoms with Crippen LogP contribution < -0.4 is 25.8 Å². The van der Waals surface area contributed by atoms with Gasteiger partial charge in [0.25, 0.3) is 5.91 Å². The Kier molecular flexibility index (Phi) is 10.4. The fourth-order valence-electron chi connectivity index (χ4n) is 4.22. The first-order valence-electron chi connectivity index (χ1n) is 13.0. The molecule has 0 saturated heterocycles. The molecule has 11 nitrogen and oxygen atoms in total. The minimum atomic E-state index is -0.655. The molecule has 210 valence electrons. The van der Waals surface area contributed by atoms with Crippen LogP contribution in [0.15, 0.2) is 54.3 Å². The van der Waals surface area contributed by atoms with Gasteiger partial charge in [0, 0.05) is 25.3 Å². The van der Waals surface area contributed by atoms with Gasteiger partial charge in [-0.3, -0.25) is 9.59 Å². The first kappa shape index (κ1) is 28.2. The molecule has 2 aliphatic heterocycles. The van der Waals surface area contributed by atoms with Crippen LogP contribution in [0.5, 0.6) is 11.5 Å². The van der Waals surface area contributed by atoms with Crippen LogP contribution in [0.25, 0.3) is 0 Å². The van der Waals surface area contributed by atoms with Crippen molar-refractivity contribution in [1.29, 1.82) is 0 Å². The van der Waals surface area contributed by atoms with Gasteiger partial charge in [0.15, 0.2) is 17.3 Å². The summed E-state index contributed by atoms with van der Waals surface area (Å²) < 4.78 is 27.9. The molecule has 11 heteroatoms. The van der Waals surface area contributed by atoms with Crippen LogP contribution in [0.3, 0.4) is 0 Å². The van der Waals surface area contributed by atoms with Crippen LogP contribution in [0.4, 0.5) is 11.4 Å². The van der Waals surface area contributed by atoms with Crippen LogP contribution in [0.1, 0.15) is 37.2 Å². The lowest BCUT2D eigenvalue weighted by Gasteiger charge is -2.29. The maximum atomic E-state index is 12.9. The lowest BCUT2D eigenvalue weighted by Crippen LogP contribution is -2.33. The van der Waals surface area contributed by atoms with Crippen molar-refractivity contribution in [1.82, 2.24) is 5.32 Å². The highest BCUT2D eigenvalue weighted by molar-refractivity contribution is 5.93. The number of nitrogens with two attached hydrogens (primary N) is 1. The third-order valence-corrected chi connectivity index (χ3v) is 6.22. The molecule has 2 aromatic carbocycles. The average molecular weight is 542 g/mol. The largest absolute Gasteiger partial charge is 0.459 e. The molecule has 2 atom stereocenters. The number of para-hydroxylation sites is 2. The van der Waals surface area contributed by atoms with Gasteiger partial charge in [-0.1, -0.05) is 18.2 Å². The molecule has 2 amide bonds. The van der Waals surface area contributed by atoms with Crippen molar-refractivity contribution in [2.45, 2.75) is 37.9 Å². The average Bonchev–Trinajstić information content (AvgIpc) is 3.42. The summed E-state index contributed by atoms with van der Waals surface area (Å²) in [5, 5.41) is 14.5. The third kappa shape index (κ3) is 8.34. The van der Waals surface area contributed by atoms with Crippen LogP contribution >= 0.6 is 0 Å². The lowest BCUT2D eigenvalue weighted by molar-refractivity contribution is -0.151. The van der Waals surface area contributed by atoms with Crippen molar-refractivity contribution >= 4 is 23.2 Å². The van der Waals surface area contributed by atoms with Crippen molar-refractivity contribution in [3.63, 3.8) is 0 Å². The Balaban J connectivity index is 1.28. The van der Waals surface area contributed by atoms with E-state index in [1.807, 2.05) is 18.2 Å². The lowest BCUT2D eigenvalue weighted by atomic mass is 9.92. The van der Waals surface area contributed by atoms with Gasteiger partial charge in [0.2, 0.25) is 19.0 Å². The highest BCUT2D eigenvalue weighted by Crippen LogP contribution is 2.38. The number of hydrogen-bond acceptors (Lipinski definition) is 9. The summed E-state index contributed by atoms with van der Waals surface area (Å²) in [6, 6.07) is 12.8. The molecule has 39 heavy (non-hydrogen) atoms. The van der Waals surface area contributed by atoms with Crippen LogP contribution in [-0.2, 0) is 23.8 Å². The molecule has 0 unspecified atom stereocenters. The number of hydrogen-bond donors (Lipinski definition) is 4. The monoisotopic (exact) mass is 541 g/mol. The molecule has 0 radical (unpaired) electrons. The summed E-state index contributed by atoms with van der Waals surface area (Å²) in [6.45, 7) is 1.28. The number of nitrogens with one attached hydrogen (secondary N) is 2. The number of benzene rings is 2. The summed E-state index contributed by atoms with van der Waals surface area (Å²) >= 11 is 0. The SMILES string of the molecule is Nc1ccccc1NC(=O)CCCCNC(=O)C1=C[C@@H](c2ccc3c(c2)OCO3)C[C@@H](OCCOCCO)O1. The summed E-state index contributed by atoms with van der Waals surface area (Å²) in [6.07, 6.45) is 3.15. The van der Waals surface area contributed by atoms with E-state index in [1.165, 1.54) is 0 Å². The smallest absolute Gasteiger partial charge is 0.286 e. The van der Waals surface area contributed by atoms with Gasteiger partial charge in [0.05, 0.1) is 37.8 Å². The summed E-state index contributed by atoms with van der Waals surface area (Å²) in [5.41, 5.74) is 7.91. The normalized spacial score (nSPS) is 17.7. The molecule has 4 rings (SSSR count). The first-order valence-corrected chi connectivity index (χ1v) is 13.0. The van der Waals surface area contributed by atoms with E-state index in [2.05, 4.69) is 10.6 Å². The highest BCUT2D eigenvalue weighted by Gasteiger charge is 2.29. The van der Waals surface area contributed by atoms with Gasteiger partial charge < -0.3 is 45.2 Å². The first-order chi connectivity index (χ1) is 19.0. The van der Waals surface area contributed by atoms with E-state index in [4.69, 9.17) is 34.5 Å². The van der Waals surface area contributed by atoms with Crippen LogP contribution in [-0.4, -0.2) is 63.0 Å². The molecule has 0 saturated carbocycles. The number of allylic oxidation sites excluding steroid dienone is 1. The molecule has 0 spiro atoms. The fourth-order valence-corrected chi connectivity index (χ4v) is 4.22. The number of carbonyl (C=O) groups is 2. The summed E-state index contributed by atoms with van der Waals surface area (Å²) in [4.78, 5) is 25.1. The van der Waals surface area contributed by atoms with Gasteiger partial charge in [-0.05, 0) is 48.7 Å². The second-order valence-electron chi connectivity index (χ2n) is 9.09. The zero-order valence-corrected chi connectivity index (χ0v) is 21.7. The van der Waals surface area contributed by atoms with Crippen molar-refractivity contribution in [2.75, 3.05) is 50.8 Å². The highest BCUT2D eigenvalue weighted by atomic mass is 16.7. The van der Waals surface area contributed by atoms with E-state index >= 15 is 0 Å². The number of aliphatic hydroxyl groups is 1. The fraction of sp³-hybridized carbons (Fsp3) is 0.429. The number of nitrogen functional groups attached to an aromatic ring is 1. The summed E-state index contributed by atoms with van der Waals surface area (Å²) in [5.74, 6) is 0.878. The van der Waals surface area contributed by atoms with E-state index < -0.39 is 6.29 Å². The molecule has 0 aromatic heterocycles. The van der Waals surface area contributed by atoms with Crippen molar-refractivity contribution < 1.29 is 38.4 Å². The zero-order chi connectivity index (χ0) is 27.5. The number of rotatable bonds is 14. The molecule has 0 aliphatic carbocycles. The Morgan fingerprint density at radius 2 is 1.90 bits per heavy atom. The molecule has 5 N–H and O–H groups in total. The van der Waals surface area contributed by atoms with E-state index in [0.29, 0.717) is 61.7 Å². The Bertz CT molecular complexity index is 1160. The number of aliphatic hydroxyl groups excluding tert-OH is 1. The maximum absolute atomic E-state index is 12.9. The summed E-state index contributed by atoms with van der Waals surface area (Å²) in [7, 11) is 0. The Morgan fingerprint density at radius 1 is 1.05 bits per heavy atom. The number of ether oxygens (including phenoxy) is 5. The topological polar surface area (TPSA) is 151 Å². The molecule has 2 aromatic rings. The number of unbranched alkanes of at least 4 members (excludes halogenated alkanes) is 1. The minimum Gasteiger partial charge on any atom is -0.459 e. The van der Waals surface area contributed by atoms with Gasteiger partial charge >= 0.3 is 0 Å². The molecule has 2 aliphatic rings. The number of carbonyl (C=O) groups excluding carboxylic acids is 2. The Labute approximate surface area is 227 Å². The van der Waals surface area contributed by atoms with Gasteiger partial charge in [0.1, 0.15) is 0 Å². The van der Waals surface area contributed by atoms with Gasteiger partial charge in [-0.25, -0.2) is 0 Å². The van der Waals surface area contributed by atoms with Gasteiger partial charge in [-0.15, -0.1) is 0 Å². The number of anilines is 2. The predicted molar refractivity (Wildman–Crippen MR) is 143 cm³/mol. The molecule has 2 heterocycles. The minimum absolute atomic E-state index is 0.0640. The molecular weight excluding hydrogens is 506 g/mol. The van der Waals surface area contributed by atoms with Crippen molar-refractivity contribution in [2.24, 2.45) is 0 Å². The van der Waals surface area contributed by atoms with Crippen LogP contribution in [0.2, 0.25) is 0 Å². The molecule has 0 fully saturated rings. The Hall–Kier alpha value is -3.80. The second-order valence-corrected chi connectivity index (χ2v) is 9.09. The maximum Gasteiger partial charge on any atom is 0.286 e. The van der Waals surface area contributed by atoms with Gasteiger partial charge in [-0.2, -0.15) is 0 Å². The third-order valence-electron chi connectivity index (χ3n) is 6.22. The standard InChI is InChI=1S/C28H35N3O8/c29-21-5-1-2-6-22(21)31-26(33)7-3-4-10-30-28(34)25-16-20(17-27(39-25)36-14-13-35-12-11-32)19-8-9-23-24(15-19)38-18-37-23/h1-2,5-6,8-9,15-16,20,27,32H,3-4,7,10-14,17-18,29H2,(H,30,34)(H,31,33)/t20-,27+/m1/s1. The van der Waals surface area contributed by atoms with Crippen molar-refractivity contribution in [3.8, 4) is 11.5 Å². The van der Waals surface area contributed by atoms with E-state index in [-0.39, 0.29) is 50.1 Å². The Morgan fingerprint density at radius 3 is 2.74 bits per heavy atom. The van der Waals surface area contributed by atoms with Crippen molar-refractivity contribution in [3.05, 3.63) is 59.9 Å². The molecule has 0 bridgehead atoms.